The molecule has 4 rings (SSSR count). The highest BCUT2D eigenvalue weighted by atomic mass is 16.5. The first-order chi connectivity index (χ1) is 14.1. The fourth-order valence-electron chi connectivity index (χ4n) is 4.46. The van der Waals surface area contributed by atoms with Crippen LogP contribution < -0.4 is 15.0 Å². The normalized spacial score (nSPS) is 27.3. The van der Waals surface area contributed by atoms with Crippen LogP contribution in [0.4, 0.5) is 10.5 Å². The molecule has 0 bridgehead atoms. The number of carbonyl (C=O) groups excluding carboxylic acids is 2. The Kier molecular flexibility index (Phi) is 5.62. The van der Waals surface area contributed by atoms with E-state index in [1.165, 1.54) is 4.90 Å². The van der Waals surface area contributed by atoms with Crippen molar-refractivity contribution in [2.24, 2.45) is 0 Å². The summed E-state index contributed by atoms with van der Waals surface area (Å²) in [6.45, 7) is 4.77. The molecule has 3 atom stereocenters. The van der Waals surface area contributed by atoms with Crippen molar-refractivity contribution >= 4 is 17.6 Å². The van der Waals surface area contributed by atoms with E-state index >= 15 is 0 Å². The molecule has 3 aliphatic rings. The molecule has 0 spiro atoms. The zero-order chi connectivity index (χ0) is 20.5. The van der Waals surface area contributed by atoms with E-state index in [0.717, 1.165) is 30.9 Å². The third kappa shape index (κ3) is 3.43. The summed E-state index contributed by atoms with van der Waals surface area (Å²) >= 11 is 0. The number of imide groups is 1. The molecule has 0 aromatic heterocycles. The number of nitrogens with zero attached hydrogens (tertiary/aromatic N) is 4. The van der Waals surface area contributed by atoms with E-state index in [1.807, 2.05) is 31.2 Å². The minimum Gasteiger partial charge on any atom is -0.497 e. The number of hydrogen-bond acceptors (Lipinski definition) is 7. The van der Waals surface area contributed by atoms with Crippen LogP contribution in [0.1, 0.15) is 13.3 Å². The van der Waals surface area contributed by atoms with Crippen LogP contribution in [0, 0.1) is 0 Å². The maximum Gasteiger partial charge on any atom is 0.327 e. The first kappa shape index (κ1) is 19.9. The number of ether oxygens (including phenoxy) is 2. The number of likely N-dealkylation sites (N-methyl/N-ethyl adjacent to an activating group) is 1. The SMILES string of the molecule is CCOCCN1C(=O)C2C(NC3N(c4ccc(OC)cc4)CCCN23)N(C)C1=O. The molecule has 3 fully saturated rings. The molecule has 1 aromatic rings. The zero-order valence-corrected chi connectivity index (χ0v) is 17.2. The second-order valence-corrected chi connectivity index (χ2v) is 7.49. The molecule has 9 heteroatoms. The number of methoxy groups -OCH3 is 1. The Balaban J connectivity index is 1.57. The Morgan fingerprint density at radius 1 is 1.17 bits per heavy atom. The summed E-state index contributed by atoms with van der Waals surface area (Å²) in [4.78, 5) is 33.4. The van der Waals surface area contributed by atoms with Crippen LogP contribution in [0.2, 0.25) is 0 Å². The molecule has 0 aliphatic carbocycles. The maximum absolute atomic E-state index is 13.2. The van der Waals surface area contributed by atoms with E-state index in [1.54, 1.807) is 19.1 Å². The van der Waals surface area contributed by atoms with Gasteiger partial charge < -0.3 is 19.3 Å². The van der Waals surface area contributed by atoms with E-state index < -0.39 is 6.04 Å². The lowest BCUT2D eigenvalue weighted by Gasteiger charge is -2.43. The van der Waals surface area contributed by atoms with Gasteiger partial charge in [0.2, 0.25) is 0 Å². The summed E-state index contributed by atoms with van der Waals surface area (Å²) in [6, 6.07) is 7.25. The smallest absolute Gasteiger partial charge is 0.327 e. The number of rotatable bonds is 6. The average Bonchev–Trinajstić information content (AvgIpc) is 3.15. The van der Waals surface area contributed by atoms with Gasteiger partial charge in [-0.15, -0.1) is 0 Å². The highest BCUT2D eigenvalue weighted by Gasteiger charge is 2.55. The van der Waals surface area contributed by atoms with Crippen molar-refractivity contribution in [2.45, 2.75) is 31.8 Å². The quantitative estimate of drug-likeness (QED) is 0.702. The molecular weight excluding hydrogens is 374 g/mol. The topological polar surface area (TPSA) is 77.6 Å². The van der Waals surface area contributed by atoms with Crippen LogP contribution in [0.5, 0.6) is 5.75 Å². The molecule has 3 saturated heterocycles. The molecule has 1 N–H and O–H groups in total. The predicted molar refractivity (Wildman–Crippen MR) is 108 cm³/mol. The van der Waals surface area contributed by atoms with Gasteiger partial charge >= 0.3 is 6.03 Å². The van der Waals surface area contributed by atoms with E-state index in [0.29, 0.717) is 13.2 Å². The molecule has 3 aliphatic heterocycles. The van der Waals surface area contributed by atoms with Gasteiger partial charge in [-0.3, -0.25) is 19.9 Å². The fraction of sp³-hybridized carbons (Fsp3) is 0.600. The molecule has 158 valence electrons. The number of urea groups is 1. The Hall–Kier alpha value is -2.36. The van der Waals surface area contributed by atoms with Crippen molar-refractivity contribution in [1.82, 2.24) is 20.0 Å². The highest BCUT2D eigenvalue weighted by molar-refractivity contribution is 6.00. The number of nitrogens with one attached hydrogen (secondary N) is 1. The van der Waals surface area contributed by atoms with Crippen LogP contribution in [0.15, 0.2) is 24.3 Å². The summed E-state index contributed by atoms with van der Waals surface area (Å²) in [5.74, 6) is 0.658. The van der Waals surface area contributed by atoms with Crippen LogP contribution >= 0.6 is 0 Å². The molecular formula is C20H29N5O4. The molecule has 29 heavy (non-hydrogen) atoms. The Bertz CT molecular complexity index is 758. The van der Waals surface area contributed by atoms with Gasteiger partial charge in [-0.2, -0.15) is 0 Å². The largest absolute Gasteiger partial charge is 0.497 e. The first-order valence-corrected chi connectivity index (χ1v) is 10.1. The van der Waals surface area contributed by atoms with Crippen molar-refractivity contribution in [1.29, 1.82) is 0 Å². The van der Waals surface area contributed by atoms with Crippen molar-refractivity contribution < 1.29 is 19.1 Å². The van der Waals surface area contributed by atoms with Crippen molar-refractivity contribution in [2.75, 3.05) is 51.9 Å². The summed E-state index contributed by atoms with van der Waals surface area (Å²) in [6.07, 6.45) is 0.456. The number of carbonyl (C=O) groups is 2. The van der Waals surface area contributed by atoms with Crippen LogP contribution in [-0.2, 0) is 9.53 Å². The third-order valence-electron chi connectivity index (χ3n) is 5.94. The predicted octanol–water partition coefficient (Wildman–Crippen LogP) is 0.719. The zero-order valence-electron chi connectivity index (χ0n) is 17.2. The number of benzene rings is 1. The second-order valence-electron chi connectivity index (χ2n) is 7.49. The van der Waals surface area contributed by atoms with Gasteiger partial charge in [-0.05, 0) is 37.6 Å². The molecule has 0 radical (unpaired) electrons. The Morgan fingerprint density at radius 2 is 1.93 bits per heavy atom. The first-order valence-electron chi connectivity index (χ1n) is 10.1. The number of hydrogen-bond donors (Lipinski definition) is 1. The van der Waals surface area contributed by atoms with E-state index in [9.17, 15) is 9.59 Å². The van der Waals surface area contributed by atoms with Gasteiger partial charge in [0.25, 0.3) is 5.91 Å². The van der Waals surface area contributed by atoms with E-state index in [4.69, 9.17) is 9.47 Å². The fourth-order valence-corrected chi connectivity index (χ4v) is 4.46. The van der Waals surface area contributed by atoms with Crippen LogP contribution in [0.3, 0.4) is 0 Å². The van der Waals surface area contributed by atoms with Gasteiger partial charge in [-0.25, -0.2) is 4.79 Å². The average molecular weight is 403 g/mol. The minimum absolute atomic E-state index is 0.141. The molecule has 3 amide bonds. The van der Waals surface area contributed by atoms with Gasteiger partial charge in [0.15, 0.2) is 0 Å². The Labute approximate surface area is 171 Å². The lowest BCUT2D eigenvalue weighted by atomic mass is 10.1. The molecule has 3 heterocycles. The lowest BCUT2D eigenvalue weighted by molar-refractivity contribution is -0.139. The van der Waals surface area contributed by atoms with Crippen molar-refractivity contribution in [3.8, 4) is 5.75 Å². The second kappa shape index (κ2) is 8.17. The number of fused-ring (bicyclic) bond motifs is 3. The molecule has 1 aromatic carbocycles. The number of amides is 3. The van der Waals surface area contributed by atoms with Crippen LogP contribution in [-0.4, -0.2) is 92.1 Å². The highest BCUT2D eigenvalue weighted by Crippen LogP contribution is 2.33. The third-order valence-corrected chi connectivity index (χ3v) is 5.94. The van der Waals surface area contributed by atoms with Crippen molar-refractivity contribution in [3.05, 3.63) is 24.3 Å². The van der Waals surface area contributed by atoms with Gasteiger partial charge in [0.05, 0.1) is 20.3 Å². The molecule has 0 saturated carbocycles. The Morgan fingerprint density at radius 3 is 2.62 bits per heavy atom. The van der Waals surface area contributed by atoms with Crippen LogP contribution in [0.25, 0.3) is 0 Å². The van der Waals surface area contributed by atoms with Gasteiger partial charge in [0.1, 0.15) is 24.2 Å². The summed E-state index contributed by atoms with van der Waals surface area (Å²) < 4.78 is 10.6. The summed E-state index contributed by atoms with van der Waals surface area (Å²) in [7, 11) is 3.40. The summed E-state index contributed by atoms with van der Waals surface area (Å²) in [5, 5.41) is 3.52. The monoisotopic (exact) mass is 403 g/mol. The van der Waals surface area contributed by atoms with Crippen molar-refractivity contribution in [3.63, 3.8) is 0 Å². The molecule has 9 nitrogen and oxygen atoms in total. The maximum atomic E-state index is 13.2. The standard InChI is InChI=1S/C20H29N5O4/c1-4-29-13-12-25-18(26)16-17(22(2)20(25)27)21-19-23(10-5-11-24(16)19)14-6-8-15(28-3)9-7-14/h6-9,16-17,19,21H,4-5,10-13H2,1-3H3. The number of anilines is 1. The molecule has 3 unspecified atom stereocenters. The van der Waals surface area contributed by atoms with E-state index in [2.05, 4.69) is 15.1 Å². The van der Waals surface area contributed by atoms with E-state index in [-0.39, 0.29) is 30.9 Å². The minimum atomic E-state index is -0.398. The van der Waals surface area contributed by atoms with Gasteiger partial charge in [0, 0.05) is 32.4 Å². The van der Waals surface area contributed by atoms with Gasteiger partial charge in [-0.1, -0.05) is 0 Å². The lowest BCUT2D eigenvalue weighted by Crippen LogP contribution is -2.66. The summed E-state index contributed by atoms with van der Waals surface area (Å²) in [5.41, 5.74) is 1.06.